The van der Waals surface area contributed by atoms with Gasteiger partial charge < -0.3 is 10.5 Å². The molecule has 0 spiro atoms. The smallest absolute Gasteiger partial charge is 0.222 e. The van der Waals surface area contributed by atoms with Crippen molar-refractivity contribution in [1.82, 2.24) is 9.97 Å². The van der Waals surface area contributed by atoms with Crippen molar-refractivity contribution in [1.29, 1.82) is 0 Å². The van der Waals surface area contributed by atoms with Crippen molar-refractivity contribution in [3.05, 3.63) is 47.9 Å². The van der Waals surface area contributed by atoms with E-state index in [-0.39, 0.29) is 0 Å². The Morgan fingerprint density at radius 2 is 1.89 bits per heavy atom. The fraction of sp³-hybridized carbons (Fsp3) is 0.333. The molecule has 100 valence electrons. The largest absolute Gasteiger partial charge is 0.439 e. The van der Waals surface area contributed by atoms with E-state index >= 15 is 0 Å². The summed E-state index contributed by atoms with van der Waals surface area (Å²) in [6, 6.07) is 9.81. The van der Waals surface area contributed by atoms with E-state index in [0.29, 0.717) is 12.4 Å². The van der Waals surface area contributed by atoms with E-state index in [1.54, 1.807) is 6.33 Å². The van der Waals surface area contributed by atoms with Crippen LogP contribution < -0.4 is 10.5 Å². The van der Waals surface area contributed by atoms with Crippen LogP contribution in [0.25, 0.3) is 0 Å². The molecule has 2 aromatic rings. The SMILES string of the molecule is CCCc1cc(Oc2ccc(CCN)cc2)ncn1. The van der Waals surface area contributed by atoms with Gasteiger partial charge >= 0.3 is 0 Å². The molecule has 0 atom stereocenters. The number of hydrogen-bond donors (Lipinski definition) is 1. The van der Waals surface area contributed by atoms with Crippen LogP contribution in [-0.4, -0.2) is 16.5 Å². The molecule has 0 unspecified atom stereocenters. The highest BCUT2D eigenvalue weighted by atomic mass is 16.5. The second kappa shape index (κ2) is 6.85. The van der Waals surface area contributed by atoms with Crippen LogP contribution in [0.15, 0.2) is 36.7 Å². The predicted molar refractivity (Wildman–Crippen MR) is 75.3 cm³/mol. The van der Waals surface area contributed by atoms with Crippen LogP contribution in [0.3, 0.4) is 0 Å². The standard InChI is InChI=1S/C15H19N3O/c1-2-3-13-10-15(18-11-17-13)19-14-6-4-12(5-7-14)8-9-16/h4-7,10-11H,2-3,8-9,16H2,1H3. The zero-order valence-electron chi connectivity index (χ0n) is 11.2. The maximum atomic E-state index is 5.72. The van der Waals surface area contributed by atoms with Gasteiger partial charge in [0.2, 0.25) is 5.88 Å². The lowest BCUT2D eigenvalue weighted by Crippen LogP contribution is -2.02. The average molecular weight is 257 g/mol. The van der Waals surface area contributed by atoms with Crippen molar-refractivity contribution in [2.45, 2.75) is 26.2 Å². The van der Waals surface area contributed by atoms with E-state index in [0.717, 1.165) is 30.7 Å². The average Bonchev–Trinajstić information content (AvgIpc) is 2.42. The van der Waals surface area contributed by atoms with E-state index in [2.05, 4.69) is 16.9 Å². The number of hydrogen-bond acceptors (Lipinski definition) is 4. The van der Waals surface area contributed by atoms with Crippen molar-refractivity contribution >= 4 is 0 Å². The Labute approximate surface area is 113 Å². The summed E-state index contributed by atoms with van der Waals surface area (Å²) in [7, 11) is 0. The van der Waals surface area contributed by atoms with Crippen molar-refractivity contribution in [2.24, 2.45) is 5.73 Å². The van der Waals surface area contributed by atoms with Crippen LogP contribution in [-0.2, 0) is 12.8 Å². The highest BCUT2D eigenvalue weighted by Crippen LogP contribution is 2.20. The second-order valence-electron chi connectivity index (χ2n) is 4.38. The lowest BCUT2D eigenvalue weighted by atomic mass is 10.1. The van der Waals surface area contributed by atoms with Gasteiger partial charge in [-0.15, -0.1) is 0 Å². The molecule has 2 rings (SSSR count). The Morgan fingerprint density at radius 3 is 2.58 bits per heavy atom. The van der Waals surface area contributed by atoms with E-state index in [4.69, 9.17) is 10.5 Å². The summed E-state index contributed by atoms with van der Waals surface area (Å²) in [5, 5.41) is 0. The van der Waals surface area contributed by atoms with Gasteiger partial charge in [0, 0.05) is 11.8 Å². The van der Waals surface area contributed by atoms with Crippen LogP contribution in [0.1, 0.15) is 24.6 Å². The molecule has 1 aromatic carbocycles. The summed E-state index contributed by atoms with van der Waals surface area (Å²) >= 11 is 0. The fourth-order valence-corrected chi connectivity index (χ4v) is 1.84. The maximum Gasteiger partial charge on any atom is 0.222 e. The summed E-state index contributed by atoms with van der Waals surface area (Å²) in [5.74, 6) is 1.37. The number of nitrogens with two attached hydrogens (primary N) is 1. The molecule has 2 N–H and O–H groups in total. The lowest BCUT2D eigenvalue weighted by molar-refractivity contribution is 0.460. The first-order valence-electron chi connectivity index (χ1n) is 6.59. The van der Waals surface area contributed by atoms with Gasteiger partial charge in [0.1, 0.15) is 12.1 Å². The van der Waals surface area contributed by atoms with Gasteiger partial charge in [0.25, 0.3) is 0 Å². The topological polar surface area (TPSA) is 61.0 Å². The van der Waals surface area contributed by atoms with Gasteiger partial charge in [-0.1, -0.05) is 25.5 Å². The molecule has 0 amide bonds. The van der Waals surface area contributed by atoms with E-state index in [9.17, 15) is 0 Å². The van der Waals surface area contributed by atoms with Gasteiger partial charge in [-0.25, -0.2) is 9.97 Å². The summed E-state index contributed by atoms with van der Waals surface area (Å²) in [5.41, 5.74) is 7.74. The number of benzene rings is 1. The first-order chi connectivity index (χ1) is 9.31. The molecule has 4 nitrogen and oxygen atoms in total. The number of ether oxygens (including phenoxy) is 1. The van der Waals surface area contributed by atoms with Crippen molar-refractivity contribution in [3.8, 4) is 11.6 Å². The van der Waals surface area contributed by atoms with E-state index in [1.165, 1.54) is 5.56 Å². The van der Waals surface area contributed by atoms with Gasteiger partial charge in [-0.2, -0.15) is 0 Å². The lowest BCUT2D eigenvalue weighted by Gasteiger charge is -2.06. The number of rotatable bonds is 6. The quantitative estimate of drug-likeness (QED) is 0.864. The zero-order chi connectivity index (χ0) is 13.5. The van der Waals surface area contributed by atoms with Crippen LogP contribution in [0.5, 0.6) is 11.6 Å². The van der Waals surface area contributed by atoms with Crippen molar-refractivity contribution in [2.75, 3.05) is 6.54 Å². The molecule has 0 radical (unpaired) electrons. The molecule has 0 saturated carbocycles. The highest BCUT2D eigenvalue weighted by molar-refractivity contribution is 5.30. The molecule has 1 aromatic heterocycles. The molecule has 4 heteroatoms. The minimum atomic E-state index is 0.588. The highest BCUT2D eigenvalue weighted by Gasteiger charge is 2.01. The normalized spacial score (nSPS) is 10.4. The minimum Gasteiger partial charge on any atom is -0.439 e. The molecular weight excluding hydrogens is 238 g/mol. The molecule has 19 heavy (non-hydrogen) atoms. The number of nitrogens with zero attached hydrogens (tertiary/aromatic N) is 2. The van der Waals surface area contributed by atoms with Gasteiger partial charge in [0.05, 0.1) is 0 Å². The summed E-state index contributed by atoms with van der Waals surface area (Å²) in [4.78, 5) is 8.33. The van der Waals surface area contributed by atoms with E-state index < -0.39 is 0 Å². The molecule has 0 aliphatic rings. The molecule has 0 aliphatic heterocycles. The Balaban J connectivity index is 2.05. The van der Waals surface area contributed by atoms with Crippen LogP contribution in [0.4, 0.5) is 0 Å². The third kappa shape index (κ3) is 4.03. The monoisotopic (exact) mass is 257 g/mol. The Kier molecular flexibility index (Phi) is 4.86. The fourth-order valence-electron chi connectivity index (χ4n) is 1.84. The van der Waals surface area contributed by atoms with Crippen molar-refractivity contribution in [3.63, 3.8) is 0 Å². The van der Waals surface area contributed by atoms with Crippen LogP contribution in [0, 0.1) is 0 Å². The third-order valence-electron chi connectivity index (χ3n) is 2.78. The summed E-state index contributed by atoms with van der Waals surface area (Å²) in [6.45, 7) is 2.78. The molecule has 0 fully saturated rings. The first kappa shape index (κ1) is 13.5. The molecule has 0 bridgehead atoms. The van der Waals surface area contributed by atoms with E-state index in [1.807, 2.05) is 30.3 Å². The summed E-state index contributed by atoms with van der Waals surface area (Å²) < 4.78 is 5.72. The Bertz CT molecular complexity index is 511. The van der Waals surface area contributed by atoms with Gasteiger partial charge in [-0.3, -0.25) is 0 Å². The van der Waals surface area contributed by atoms with Gasteiger partial charge in [0.15, 0.2) is 0 Å². The minimum absolute atomic E-state index is 0.588. The Morgan fingerprint density at radius 1 is 1.11 bits per heavy atom. The van der Waals surface area contributed by atoms with Crippen LogP contribution >= 0.6 is 0 Å². The second-order valence-corrected chi connectivity index (χ2v) is 4.38. The molecule has 0 aliphatic carbocycles. The zero-order valence-corrected chi connectivity index (χ0v) is 11.2. The van der Waals surface area contributed by atoms with Crippen LogP contribution in [0.2, 0.25) is 0 Å². The molecular formula is C15H19N3O. The Hall–Kier alpha value is -1.94. The third-order valence-corrected chi connectivity index (χ3v) is 2.78. The maximum absolute atomic E-state index is 5.72. The predicted octanol–water partition coefficient (Wildman–Crippen LogP) is 2.72. The summed E-state index contributed by atoms with van der Waals surface area (Å²) in [6.07, 6.45) is 4.43. The number of aromatic nitrogens is 2. The van der Waals surface area contributed by atoms with Gasteiger partial charge in [-0.05, 0) is 37.1 Å². The molecule has 0 saturated heterocycles. The number of aryl methyl sites for hydroxylation is 1. The van der Waals surface area contributed by atoms with Crippen molar-refractivity contribution < 1.29 is 4.74 Å². The first-order valence-corrected chi connectivity index (χ1v) is 6.59. The molecule has 1 heterocycles.